The molecule has 0 radical (unpaired) electrons. The minimum Gasteiger partial charge on any atom is -0.228 e. The summed E-state index contributed by atoms with van der Waals surface area (Å²) in [7, 11) is 0. The Morgan fingerprint density at radius 2 is 1.18 bits per heavy atom. The van der Waals surface area contributed by atoms with E-state index < -0.39 is 0 Å². The second-order valence-corrected chi connectivity index (χ2v) is 17.1. The molecule has 0 spiro atoms. The van der Waals surface area contributed by atoms with E-state index in [1.807, 2.05) is 6.07 Å². The van der Waals surface area contributed by atoms with Crippen molar-refractivity contribution in [2.24, 2.45) is 15.9 Å². The Labute approximate surface area is 331 Å². The molecule has 0 amide bonds. The fourth-order valence-corrected chi connectivity index (χ4v) is 10.1. The fraction of sp³-hybridized carbons (Fsp3) is 0.185. The normalized spacial score (nSPS) is 20.0. The van der Waals surface area contributed by atoms with Crippen LogP contribution < -0.4 is 0 Å². The third kappa shape index (κ3) is 5.54. The molecule has 0 fully saturated rings. The van der Waals surface area contributed by atoms with Gasteiger partial charge in [-0.2, -0.15) is 0 Å². The number of rotatable bonds is 5. The van der Waals surface area contributed by atoms with Gasteiger partial charge in [-0.05, 0) is 103 Å². The van der Waals surface area contributed by atoms with E-state index in [0.717, 1.165) is 46.5 Å². The van der Waals surface area contributed by atoms with Gasteiger partial charge in [-0.15, -0.1) is 0 Å². The predicted octanol–water partition coefficient (Wildman–Crippen LogP) is 13.4. The monoisotopic (exact) mass is 722 g/mol. The predicted molar refractivity (Wildman–Crippen MR) is 235 cm³/mol. The summed E-state index contributed by atoms with van der Waals surface area (Å²) >= 11 is 0. The minimum absolute atomic E-state index is 0.0403. The van der Waals surface area contributed by atoms with E-state index in [1.165, 1.54) is 50.1 Å². The summed E-state index contributed by atoms with van der Waals surface area (Å²) in [6, 6.07) is 52.9. The highest BCUT2D eigenvalue weighted by Gasteiger charge is 2.47. The maximum absolute atomic E-state index is 5.29. The Morgan fingerprint density at radius 1 is 0.554 bits per heavy atom. The zero-order valence-corrected chi connectivity index (χ0v) is 32.7. The highest BCUT2D eigenvalue weighted by molar-refractivity contribution is 6.22. The zero-order valence-electron chi connectivity index (χ0n) is 32.7. The molecule has 2 nitrogen and oxygen atoms in total. The van der Waals surface area contributed by atoms with E-state index in [-0.39, 0.29) is 10.8 Å². The van der Waals surface area contributed by atoms with Crippen molar-refractivity contribution in [3.63, 3.8) is 0 Å². The summed E-state index contributed by atoms with van der Waals surface area (Å²) in [4.78, 5) is 10.5. The van der Waals surface area contributed by atoms with Crippen LogP contribution in [0.3, 0.4) is 0 Å². The van der Waals surface area contributed by atoms with Crippen LogP contribution in [0.25, 0.3) is 33.5 Å². The molecule has 2 atom stereocenters. The topological polar surface area (TPSA) is 24.7 Å². The van der Waals surface area contributed by atoms with Gasteiger partial charge in [0.05, 0.1) is 11.4 Å². The van der Waals surface area contributed by atoms with Gasteiger partial charge < -0.3 is 0 Å². The largest absolute Gasteiger partial charge is 0.228 e. The number of amidine groups is 1. The van der Waals surface area contributed by atoms with E-state index >= 15 is 0 Å². The van der Waals surface area contributed by atoms with Crippen molar-refractivity contribution in [1.82, 2.24) is 0 Å². The Morgan fingerprint density at radius 3 is 1.96 bits per heavy atom. The van der Waals surface area contributed by atoms with Gasteiger partial charge in [0.25, 0.3) is 0 Å². The Kier molecular flexibility index (Phi) is 7.97. The highest BCUT2D eigenvalue weighted by Crippen LogP contribution is 2.57. The first kappa shape index (κ1) is 34.4. The molecule has 4 aliphatic rings. The standard InChI is InChI=1S/C54H46N2/c1-34-31-50(37-13-7-6-8-14-37)55-52(39-25-21-36(22-26-39)41-28-30-45-43-16-10-12-18-47(43)54(4,5)49(45)33-41)56-51(34)38-23-19-35(20-24-38)40-27-29-44-42-15-9-11-17-46(42)53(2,3)48(44)32-40/h6-29,31-32,45,49H,1,30,33H2,2-5H3. The third-order valence-electron chi connectivity index (χ3n) is 13.2. The summed E-state index contributed by atoms with van der Waals surface area (Å²) in [6.45, 7) is 14.1. The van der Waals surface area contributed by atoms with Gasteiger partial charge in [-0.25, -0.2) is 9.98 Å². The van der Waals surface area contributed by atoms with Crippen LogP contribution in [0, 0.1) is 5.92 Å². The molecule has 0 bridgehead atoms. The van der Waals surface area contributed by atoms with Gasteiger partial charge in [0.15, 0.2) is 5.84 Å². The van der Waals surface area contributed by atoms with E-state index in [9.17, 15) is 0 Å². The molecule has 2 unspecified atom stereocenters. The Bertz CT molecular complexity index is 2680. The molecule has 1 heterocycles. The maximum Gasteiger partial charge on any atom is 0.160 e. The number of fused-ring (bicyclic) bond motifs is 6. The van der Waals surface area contributed by atoms with Gasteiger partial charge in [0, 0.05) is 22.1 Å². The number of hydrogen-bond acceptors (Lipinski definition) is 2. The average Bonchev–Trinajstić information content (AvgIpc) is 3.51. The van der Waals surface area contributed by atoms with Crippen LogP contribution in [-0.4, -0.2) is 11.5 Å². The molecule has 0 N–H and O–H groups in total. The lowest BCUT2D eigenvalue weighted by atomic mass is 9.69. The quantitative estimate of drug-likeness (QED) is 0.169. The molecule has 2 heteroatoms. The van der Waals surface area contributed by atoms with Crippen molar-refractivity contribution >= 4 is 22.8 Å². The van der Waals surface area contributed by atoms with Crippen LogP contribution in [0.1, 0.15) is 91.0 Å². The van der Waals surface area contributed by atoms with Gasteiger partial charge in [-0.3, -0.25) is 0 Å². The molecule has 6 aromatic rings. The minimum atomic E-state index is -0.0403. The van der Waals surface area contributed by atoms with Crippen LogP contribution in [0.15, 0.2) is 180 Å². The molecule has 1 aliphatic heterocycles. The zero-order chi connectivity index (χ0) is 38.2. The number of hydrogen-bond donors (Lipinski definition) is 0. The number of benzene rings is 6. The summed E-state index contributed by atoms with van der Waals surface area (Å²) in [5.74, 6) is 1.89. The first-order valence-corrected chi connectivity index (χ1v) is 20.0. The average molecular weight is 723 g/mol. The molecule has 0 saturated carbocycles. The second kappa shape index (κ2) is 13.0. The summed E-state index contributed by atoms with van der Waals surface area (Å²) in [5, 5.41) is 0. The Hall–Kier alpha value is -6.12. The van der Waals surface area contributed by atoms with Crippen LogP contribution in [-0.2, 0) is 10.8 Å². The number of aliphatic imine (C=N–C) groups is 2. The first-order chi connectivity index (χ1) is 27.2. The molecule has 0 aromatic heterocycles. The van der Waals surface area contributed by atoms with Crippen molar-refractivity contribution in [2.75, 3.05) is 0 Å². The summed E-state index contributed by atoms with van der Waals surface area (Å²) in [6.07, 6.45) is 6.74. The second-order valence-electron chi connectivity index (χ2n) is 17.1. The lowest BCUT2D eigenvalue weighted by Crippen LogP contribution is -2.27. The lowest BCUT2D eigenvalue weighted by Gasteiger charge is -2.35. The molecule has 56 heavy (non-hydrogen) atoms. The van der Waals surface area contributed by atoms with Crippen molar-refractivity contribution in [1.29, 1.82) is 0 Å². The Balaban J connectivity index is 0.966. The molecule has 3 aliphatic carbocycles. The molecule has 0 saturated heterocycles. The maximum atomic E-state index is 5.29. The van der Waals surface area contributed by atoms with Crippen molar-refractivity contribution in [3.8, 4) is 22.3 Å². The summed E-state index contributed by atoms with van der Waals surface area (Å²) < 4.78 is 0. The molecule has 272 valence electrons. The van der Waals surface area contributed by atoms with Crippen LogP contribution in [0.4, 0.5) is 0 Å². The van der Waals surface area contributed by atoms with Crippen LogP contribution in [0.5, 0.6) is 0 Å². The molecule has 10 rings (SSSR count). The van der Waals surface area contributed by atoms with Crippen molar-refractivity contribution in [3.05, 3.63) is 214 Å². The molecule has 6 aromatic carbocycles. The number of nitrogens with zero attached hydrogens (tertiary/aromatic N) is 2. The lowest BCUT2D eigenvalue weighted by molar-refractivity contribution is 0.302. The summed E-state index contributed by atoms with van der Waals surface area (Å²) in [5.41, 5.74) is 19.4. The number of allylic oxidation sites excluding steroid dienone is 4. The van der Waals surface area contributed by atoms with E-state index in [1.54, 1.807) is 5.56 Å². The van der Waals surface area contributed by atoms with Crippen LogP contribution >= 0.6 is 0 Å². The first-order valence-electron chi connectivity index (χ1n) is 20.0. The van der Waals surface area contributed by atoms with Gasteiger partial charge in [0.2, 0.25) is 0 Å². The smallest absolute Gasteiger partial charge is 0.160 e. The van der Waals surface area contributed by atoms with Gasteiger partial charge >= 0.3 is 0 Å². The SMILES string of the molecule is C=C1C=C(c2ccccc2)N=C(c2ccc(C3=CCC4c5ccccc5C(C)(C)C4C3)cc2)N=C1c1ccc(-c2ccc3c(c2)C(C)(C)c2ccccc2-3)cc1. The fourth-order valence-electron chi connectivity index (χ4n) is 10.1. The van der Waals surface area contributed by atoms with E-state index in [2.05, 4.69) is 186 Å². The van der Waals surface area contributed by atoms with Gasteiger partial charge in [0.1, 0.15) is 0 Å². The van der Waals surface area contributed by atoms with E-state index in [0.29, 0.717) is 17.7 Å². The molecular weight excluding hydrogens is 677 g/mol. The van der Waals surface area contributed by atoms with Gasteiger partial charge in [-0.1, -0.05) is 180 Å². The van der Waals surface area contributed by atoms with Crippen molar-refractivity contribution in [2.45, 2.75) is 57.3 Å². The van der Waals surface area contributed by atoms with Crippen LogP contribution in [0.2, 0.25) is 0 Å². The third-order valence-corrected chi connectivity index (χ3v) is 13.2. The van der Waals surface area contributed by atoms with E-state index in [4.69, 9.17) is 9.98 Å². The highest BCUT2D eigenvalue weighted by atomic mass is 14.9. The molecular formula is C54H46N2. The van der Waals surface area contributed by atoms with Crippen molar-refractivity contribution < 1.29 is 0 Å².